The molecule has 123 heavy (non-hydrogen) atoms. The lowest BCUT2D eigenvalue weighted by Gasteiger charge is -2.29. The number of amides is 1. The van der Waals surface area contributed by atoms with E-state index in [0.29, 0.717) is 67.2 Å². The van der Waals surface area contributed by atoms with Gasteiger partial charge in [0.1, 0.15) is 73.6 Å². The number of aromatic nitrogens is 25. The molecule has 49 heteroatoms. The number of primary amides is 1. The average Bonchev–Trinajstić information content (AvgIpc) is 1.33. The molecule has 16 rings (SSSR count). The number of aromatic amines is 1. The first kappa shape index (κ1) is 92.2. The molecule has 1 aliphatic rings. The van der Waals surface area contributed by atoms with E-state index in [1.165, 1.54) is 232 Å². The number of nitrogen functional groups attached to an aromatic ring is 4. The van der Waals surface area contributed by atoms with Gasteiger partial charge in [0, 0.05) is 64.8 Å². The maximum Gasteiger partial charge on any atom is 0.343 e. The predicted octanol–water partition coefficient (Wildman–Crippen LogP) is 10.9. The van der Waals surface area contributed by atoms with Gasteiger partial charge in [0.25, 0.3) is 5.91 Å². The summed E-state index contributed by atoms with van der Waals surface area (Å²) in [6, 6.07) is 25.8. The van der Waals surface area contributed by atoms with Crippen molar-refractivity contribution in [2.24, 2.45) is 11.5 Å². The van der Waals surface area contributed by atoms with Crippen molar-refractivity contribution in [3.8, 4) is 28.4 Å². The lowest BCUT2D eigenvalue weighted by atomic mass is 9.91. The Labute approximate surface area is 716 Å². The summed E-state index contributed by atoms with van der Waals surface area (Å²) in [6.07, 6.45) is 27.9. The van der Waals surface area contributed by atoms with Crippen LogP contribution in [0.1, 0.15) is 70.6 Å². The highest BCUT2D eigenvalue weighted by Crippen LogP contribution is 2.29. The molecule has 0 unspecified atom stereocenters. The summed E-state index contributed by atoms with van der Waals surface area (Å²) in [4.78, 5) is 64.8. The van der Waals surface area contributed by atoms with Crippen LogP contribution in [-0.2, 0) is 9.47 Å². The SMILES string of the molecule is CCOC(=O)c1cnc(SC)nc1Cl.CCOC(=O)c1cnc(SC)nc1Nc1ccc(F)c(-n2nccn2)c1.NC(=O)c1cnc(N[C@@H]2CCCC[C@@H]2N)nc1Nc1ccc(F)c(-n2nccn2)c1.Nc1ccc(F)c(-n2ccnn2)c1.Nc1ccc(F)c(-n2nccn2)c1.Nc1ccc(F)c(-n2nccn2)c1.Nc1ccc(F)c(Br)c1.c1nn[nH]n1. The highest BCUT2D eigenvalue weighted by Gasteiger charge is 2.25. The first-order valence-electron chi connectivity index (χ1n) is 35.8. The highest BCUT2D eigenvalue weighted by atomic mass is 79.9. The Morgan fingerprint density at radius 2 is 0.935 bits per heavy atom. The third-order valence-electron chi connectivity index (χ3n) is 15.8. The van der Waals surface area contributed by atoms with Crippen LogP contribution in [-0.4, -0.2) is 181 Å². The van der Waals surface area contributed by atoms with Crippen molar-refractivity contribution in [1.82, 2.24) is 125 Å². The van der Waals surface area contributed by atoms with E-state index in [4.69, 9.17) is 55.5 Å². The summed E-state index contributed by atoms with van der Waals surface area (Å²) >= 11 is 11.5. The van der Waals surface area contributed by atoms with E-state index in [9.17, 15) is 40.7 Å². The second kappa shape index (κ2) is 46.6. The lowest BCUT2D eigenvalue weighted by Crippen LogP contribution is -2.43. The third kappa shape index (κ3) is 27.7. The molecule has 0 bridgehead atoms. The second-order valence-corrected chi connectivity index (χ2v) is 27.0. The standard InChI is InChI=1S/C19H22FN9O.C16H15FN6O2S.C8H9ClN2O2S.3C8H7FN4.C6H5BrFN.CH2N4/c20-13-6-5-11(9-16(13)29-24-7-8-25-29)26-18-12(17(22)30)10-23-19(28-18)27-15-4-2-1-3-14(15)21;1-3-25-15(24)11-9-18-16(26-2)22-14(11)21-10-4-5-12(17)13(8-10)23-19-6-7-20-23;1-3-13-7(12)5-4-10-8(14-2)11-6(5)9;9-7-2-1-6(10)5-8(7)13-4-3-11-12-13;2*9-7-2-1-6(10)5-8(7)13-11-3-4-12-13;7-5-3-4(9)1-2-6(5)8;1-2-4-5-3-1/h5-10,14-15H,1-4,21H2,(H2,22,30)(H2,23,26,27,28);4-9H,3H2,1-2H3,(H,18,21,22);4H,3H2,1-2H3;3*1-5H,10H2;1-3H,9H2;1H,(H,2,3,4,5)/t14-,15+;;;;;;;/m0......./s1. The molecule has 0 radical (unpaired) electrons. The maximum absolute atomic E-state index is 14.2. The van der Waals surface area contributed by atoms with Crippen molar-refractivity contribution < 1.29 is 50.2 Å². The van der Waals surface area contributed by atoms with Gasteiger partial charge in [-0.3, -0.25) is 4.79 Å². The Morgan fingerprint density at radius 1 is 0.520 bits per heavy atom. The van der Waals surface area contributed by atoms with Crippen LogP contribution in [0.3, 0.4) is 0 Å². The molecular weight excluding hydrogens is 1740 g/mol. The number of halogens is 8. The van der Waals surface area contributed by atoms with Crippen LogP contribution >= 0.6 is 51.1 Å². The van der Waals surface area contributed by atoms with Crippen LogP contribution < -0.4 is 50.4 Å². The minimum atomic E-state index is -0.686. The molecule has 6 aromatic carbocycles. The number of nitrogens with two attached hydrogens (primary N) is 6. The molecule has 1 aliphatic carbocycles. The van der Waals surface area contributed by atoms with E-state index < -0.39 is 41.1 Å². The van der Waals surface area contributed by atoms with Gasteiger partial charge in [-0.25, -0.2) is 65.5 Å². The third-order valence-corrected chi connectivity index (χ3v) is 17.8. The number of rotatable bonds is 18. The summed E-state index contributed by atoms with van der Waals surface area (Å²) < 4.78 is 91.7. The summed E-state index contributed by atoms with van der Waals surface area (Å²) in [5.41, 5.74) is 38.1. The fraction of sp³-hybridized carbons (Fsp3) is 0.162. The smallest absolute Gasteiger partial charge is 0.343 e. The Morgan fingerprint density at radius 3 is 1.34 bits per heavy atom. The van der Waals surface area contributed by atoms with Crippen molar-refractivity contribution in [2.75, 3.05) is 64.6 Å². The Kier molecular flexibility index (Phi) is 35.0. The van der Waals surface area contributed by atoms with Crippen molar-refractivity contribution in [2.45, 2.75) is 61.9 Å². The number of nitrogens with one attached hydrogen (secondary N) is 4. The largest absolute Gasteiger partial charge is 0.462 e. The molecule has 1 saturated carbocycles. The van der Waals surface area contributed by atoms with Crippen LogP contribution in [0.25, 0.3) is 28.4 Å². The van der Waals surface area contributed by atoms with Gasteiger partial charge in [0.05, 0.1) is 79.7 Å². The molecule has 638 valence electrons. The number of hydrogen-bond donors (Lipinski definition) is 10. The summed E-state index contributed by atoms with van der Waals surface area (Å²) in [7, 11) is 0. The molecule has 16 N–H and O–H groups in total. The van der Waals surface area contributed by atoms with Gasteiger partial charge in [-0.05, 0) is 164 Å². The molecule has 0 spiro atoms. The number of thioether (sulfide) groups is 2. The number of esters is 2. The Balaban J connectivity index is 0.000000167. The molecule has 1 fully saturated rings. The van der Waals surface area contributed by atoms with Crippen LogP contribution in [0.5, 0.6) is 0 Å². The number of nitrogens with zero attached hydrogens (tertiary/aromatic N) is 24. The first-order valence-corrected chi connectivity index (χ1v) is 39.4. The second-order valence-electron chi connectivity index (χ2n) is 24.2. The quantitative estimate of drug-likeness (QED) is 0.00952. The summed E-state index contributed by atoms with van der Waals surface area (Å²) in [5.74, 6) is -3.35. The summed E-state index contributed by atoms with van der Waals surface area (Å²) in [6.45, 7) is 3.97. The van der Waals surface area contributed by atoms with E-state index in [-0.39, 0.29) is 86.6 Å². The van der Waals surface area contributed by atoms with Gasteiger partial charge >= 0.3 is 11.9 Å². The number of carbonyl (C=O) groups is 3. The van der Waals surface area contributed by atoms with Crippen molar-refractivity contribution in [3.63, 3.8) is 0 Å². The van der Waals surface area contributed by atoms with Gasteiger partial charge < -0.3 is 59.8 Å². The normalized spacial score (nSPS) is 12.2. The molecule has 15 aromatic rings. The number of tetrazole rings is 1. The Bertz CT molecular complexity index is 5640. The molecular formula is C74H74BrClF6N34O5S2. The molecule has 0 saturated heterocycles. The van der Waals surface area contributed by atoms with Gasteiger partial charge in [0.15, 0.2) is 39.9 Å². The number of hydrogen-bond acceptors (Lipinski definition) is 34. The number of carbonyl (C=O) groups excluding carboxylic acids is 3. The average molecular weight is 1810 g/mol. The number of H-pyrrole nitrogens is 1. The van der Waals surface area contributed by atoms with Crippen LogP contribution in [0, 0.1) is 34.9 Å². The Hall–Kier alpha value is -14.7. The highest BCUT2D eigenvalue weighted by molar-refractivity contribution is 9.10. The maximum atomic E-state index is 14.2. The number of ether oxygens (including phenoxy) is 2. The monoisotopic (exact) mass is 1810 g/mol. The molecule has 2 atom stereocenters. The molecule has 39 nitrogen and oxygen atoms in total. The van der Waals surface area contributed by atoms with Gasteiger partial charge in [0.2, 0.25) is 5.95 Å². The fourth-order valence-electron chi connectivity index (χ4n) is 10.1. The lowest BCUT2D eigenvalue weighted by molar-refractivity contribution is 0.0516. The van der Waals surface area contributed by atoms with E-state index >= 15 is 0 Å². The van der Waals surface area contributed by atoms with Gasteiger partial charge in [-0.1, -0.05) is 58.4 Å². The minimum absolute atomic E-state index is 0.0100. The van der Waals surface area contributed by atoms with Crippen molar-refractivity contribution in [1.29, 1.82) is 0 Å². The van der Waals surface area contributed by atoms with E-state index in [1.54, 1.807) is 20.0 Å². The zero-order chi connectivity index (χ0) is 88.3. The zero-order valence-corrected chi connectivity index (χ0v) is 68.9. The van der Waals surface area contributed by atoms with E-state index in [1.807, 2.05) is 12.5 Å². The van der Waals surface area contributed by atoms with E-state index in [2.05, 4.69) is 134 Å². The van der Waals surface area contributed by atoms with Crippen molar-refractivity contribution in [3.05, 3.63) is 257 Å². The molecule has 9 aromatic heterocycles. The predicted molar refractivity (Wildman–Crippen MR) is 448 cm³/mol. The number of anilines is 9. The summed E-state index contributed by atoms with van der Waals surface area (Å²) in [5, 5.41) is 60.7. The molecule has 0 aliphatic heterocycles. The molecule has 1 amide bonds. The van der Waals surface area contributed by atoms with Crippen molar-refractivity contribution >= 4 is 121 Å². The topological polar surface area (TPSA) is 547 Å². The van der Waals surface area contributed by atoms with Crippen LogP contribution in [0.15, 0.2) is 211 Å². The first-order chi connectivity index (χ1) is 59.3. The molecule has 9 heterocycles. The van der Waals surface area contributed by atoms with Crippen LogP contribution in [0.2, 0.25) is 5.15 Å². The number of benzene rings is 6. The fourth-order valence-corrected chi connectivity index (χ4v) is 11.4. The zero-order valence-electron chi connectivity index (χ0n) is 65.0. The van der Waals surface area contributed by atoms with Crippen LogP contribution in [0.4, 0.5) is 78.1 Å². The van der Waals surface area contributed by atoms with E-state index in [0.717, 1.165) is 30.5 Å². The van der Waals surface area contributed by atoms with Gasteiger partial charge in [-0.2, -0.15) is 51.0 Å². The van der Waals surface area contributed by atoms with Gasteiger partial charge in [-0.15, -0.1) is 34.5 Å². The minimum Gasteiger partial charge on any atom is -0.462 e.